The molecule has 3 aromatic rings. The number of hydrogen-bond acceptors (Lipinski definition) is 4. The lowest BCUT2D eigenvalue weighted by molar-refractivity contribution is 0.102. The van der Waals surface area contributed by atoms with Crippen LogP contribution < -0.4 is 10.9 Å². The fraction of sp³-hybridized carbons (Fsp3) is 0.300. The van der Waals surface area contributed by atoms with Crippen molar-refractivity contribution < 1.29 is 13.6 Å². The predicted molar refractivity (Wildman–Crippen MR) is 95.2 cm³/mol. The van der Waals surface area contributed by atoms with Gasteiger partial charge in [0.25, 0.3) is 5.91 Å². The van der Waals surface area contributed by atoms with Crippen molar-refractivity contribution in [2.45, 2.75) is 39.0 Å². The second-order valence-electron chi connectivity index (χ2n) is 6.66. The minimum Gasteiger partial charge on any atom is -0.459 e. The van der Waals surface area contributed by atoms with Gasteiger partial charge < -0.3 is 14.2 Å². The van der Waals surface area contributed by atoms with Crippen molar-refractivity contribution in [1.82, 2.24) is 0 Å². The Balaban J connectivity index is 1.67. The molecule has 1 amide bonds. The lowest BCUT2D eigenvalue weighted by Crippen LogP contribution is -2.24. The summed E-state index contributed by atoms with van der Waals surface area (Å²) in [5, 5.41) is 3.68. The molecule has 1 aliphatic rings. The van der Waals surface area contributed by atoms with E-state index >= 15 is 0 Å². The highest BCUT2D eigenvalue weighted by Crippen LogP contribution is 2.36. The summed E-state index contributed by atoms with van der Waals surface area (Å²) in [6, 6.07) is 9.22. The maximum absolute atomic E-state index is 12.7. The third-order valence-electron chi connectivity index (χ3n) is 4.82. The Morgan fingerprint density at radius 1 is 1.16 bits per heavy atom. The van der Waals surface area contributed by atoms with E-state index in [1.54, 1.807) is 13.0 Å². The van der Waals surface area contributed by atoms with Gasteiger partial charge in [-0.2, -0.15) is 0 Å². The molecule has 1 N–H and O–H groups in total. The zero-order chi connectivity index (χ0) is 17.6. The summed E-state index contributed by atoms with van der Waals surface area (Å²) in [6.45, 7) is 3.62. The van der Waals surface area contributed by atoms with Gasteiger partial charge in [-0.3, -0.25) is 4.79 Å². The zero-order valence-electron chi connectivity index (χ0n) is 14.2. The Bertz CT molecular complexity index is 1020. The van der Waals surface area contributed by atoms with E-state index in [4.69, 9.17) is 8.83 Å². The van der Waals surface area contributed by atoms with E-state index in [2.05, 4.69) is 5.32 Å². The average molecular weight is 337 g/mol. The second kappa shape index (κ2) is 5.92. The highest BCUT2D eigenvalue weighted by molar-refractivity contribution is 6.08. The van der Waals surface area contributed by atoms with Crippen LogP contribution >= 0.6 is 0 Å². The number of fused-ring (bicyclic) bond motifs is 1. The average Bonchev–Trinajstić information content (AvgIpc) is 2.86. The van der Waals surface area contributed by atoms with E-state index in [-0.39, 0.29) is 5.56 Å². The van der Waals surface area contributed by atoms with E-state index in [9.17, 15) is 9.59 Å². The number of amides is 1. The van der Waals surface area contributed by atoms with E-state index in [0.717, 1.165) is 30.4 Å². The molecular weight excluding hydrogens is 318 g/mol. The molecule has 0 unspecified atom stereocenters. The molecule has 4 rings (SSSR count). The molecule has 5 nitrogen and oxygen atoms in total. The topological polar surface area (TPSA) is 72.5 Å². The normalized spacial score (nSPS) is 14.5. The Hall–Kier alpha value is -2.82. The van der Waals surface area contributed by atoms with Gasteiger partial charge >= 0.3 is 5.63 Å². The first-order valence-electron chi connectivity index (χ1n) is 8.48. The number of rotatable bonds is 3. The van der Waals surface area contributed by atoms with Gasteiger partial charge in [0.15, 0.2) is 5.58 Å². The van der Waals surface area contributed by atoms with Crippen molar-refractivity contribution in [2.24, 2.45) is 0 Å². The number of carbonyl (C=O) groups excluding carboxylic acids is 1. The van der Waals surface area contributed by atoms with Gasteiger partial charge in [-0.25, -0.2) is 4.79 Å². The van der Waals surface area contributed by atoms with E-state index in [1.807, 2.05) is 31.2 Å². The van der Waals surface area contributed by atoms with Gasteiger partial charge in [-0.05, 0) is 50.5 Å². The highest BCUT2D eigenvalue weighted by Gasteiger charge is 2.25. The van der Waals surface area contributed by atoms with Crippen molar-refractivity contribution in [3.05, 3.63) is 63.4 Å². The Morgan fingerprint density at radius 2 is 1.96 bits per heavy atom. The molecule has 1 fully saturated rings. The highest BCUT2D eigenvalue weighted by atomic mass is 16.4. The fourth-order valence-electron chi connectivity index (χ4n) is 3.27. The fourth-order valence-corrected chi connectivity index (χ4v) is 3.27. The van der Waals surface area contributed by atoms with Crippen LogP contribution in [0.1, 0.15) is 52.6 Å². The molecule has 0 aliphatic heterocycles. The number of aryl methyl sites for hydroxylation is 2. The summed E-state index contributed by atoms with van der Waals surface area (Å²) in [7, 11) is 0. The van der Waals surface area contributed by atoms with Gasteiger partial charge in [0, 0.05) is 11.3 Å². The van der Waals surface area contributed by atoms with Crippen LogP contribution in [0.15, 0.2) is 44.0 Å². The monoisotopic (exact) mass is 337 g/mol. The lowest BCUT2D eigenvalue weighted by atomic mass is 9.83. The maximum atomic E-state index is 12.7. The Labute approximate surface area is 144 Å². The van der Waals surface area contributed by atoms with Crippen LogP contribution in [0.5, 0.6) is 0 Å². The lowest BCUT2D eigenvalue weighted by Gasteiger charge is -2.24. The summed E-state index contributed by atoms with van der Waals surface area (Å²) in [5.74, 6) is 1.28. The first kappa shape index (κ1) is 15.7. The van der Waals surface area contributed by atoms with E-state index < -0.39 is 11.5 Å². The summed E-state index contributed by atoms with van der Waals surface area (Å²) in [5.41, 5.74) is 1.24. The van der Waals surface area contributed by atoms with Crippen LogP contribution in [-0.4, -0.2) is 5.91 Å². The largest absolute Gasteiger partial charge is 0.459 e. The number of para-hydroxylation sites is 1. The molecule has 1 aromatic carbocycles. The smallest absolute Gasteiger partial charge is 0.349 e. The number of carbonyl (C=O) groups is 1. The van der Waals surface area contributed by atoms with Gasteiger partial charge in [0.05, 0.1) is 5.69 Å². The molecule has 1 saturated carbocycles. The van der Waals surface area contributed by atoms with Crippen molar-refractivity contribution in [2.75, 3.05) is 5.32 Å². The van der Waals surface area contributed by atoms with Crippen molar-refractivity contribution in [3.63, 3.8) is 0 Å². The molecule has 0 spiro atoms. The molecule has 2 heterocycles. The first-order valence-corrected chi connectivity index (χ1v) is 8.48. The summed E-state index contributed by atoms with van der Waals surface area (Å²) in [6.07, 6.45) is 3.23. The number of nitrogens with one attached hydrogen (secondary N) is 1. The molecule has 0 saturated heterocycles. The number of benzene rings is 1. The van der Waals surface area contributed by atoms with Crippen LogP contribution in [0.3, 0.4) is 0 Å². The van der Waals surface area contributed by atoms with Gasteiger partial charge in [0.2, 0.25) is 0 Å². The van der Waals surface area contributed by atoms with Crippen molar-refractivity contribution >= 4 is 22.6 Å². The van der Waals surface area contributed by atoms with Gasteiger partial charge in [-0.15, -0.1) is 0 Å². The number of anilines is 1. The van der Waals surface area contributed by atoms with Crippen molar-refractivity contribution in [3.8, 4) is 0 Å². The Morgan fingerprint density at radius 3 is 2.64 bits per heavy atom. The minimum atomic E-state index is -0.581. The number of furan rings is 1. The second-order valence-corrected chi connectivity index (χ2v) is 6.66. The molecule has 0 bridgehead atoms. The third kappa shape index (κ3) is 2.76. The van der Waals surface area contributed by atoms with Crippen LogP contribution in [-0.2, 0) is 0 Å². The van der Waals surface area contributed by atoms with E-state index in [1.165, 1.54) is 0 Å². The quantitative estimate of drug-likeness (QED) is 0.762. The molecular formula is C20H19NO4. The molecule has 128 valence electrons. The maximum Gasteiger partial charge on any atom is 0.349 e. The summed E-state index contributed by atoms with van der Waals surface area (Å²) >= 11 is 0. The first-order chi connectivity index (χ1) is 12.0. The van der Waals surface area contributed by atoms with Gasteiger partial charge in [0.1, 0.15) is 17.1 Å². The molecule has 1 aliphatic carbocycles. The van der Waals surface area contributed by atoms with Crippen LogP contribution in [0, 0.1) is 13.8 Å². The van der Waals surface area contributed by atoms with E-state index in [0.29, 0.717) is 28.5 Å². The SMILES string of the molecule is Cc1cc2cccc(NC(=O)c3c(C)cc(C4CCC4)oc3=O)c2o1. The molecule has 2 aromatic heterocycles. The standard InChI is InChI=1S/C20H19NO4/c1-11-9-16(13-5-3-6-13)25-20(23)17(11)19(22)21-15-8-4-7-14-10-12(2)24-18(14)15/h4,7-10,13H,3,5-6H2,1-2H3,(H,21,22). The van der Waals surface area contributed by atoms with Crippen LogP contribution in [0.2, 0.25) is 0 Å². The van der Waals surface area contributed by atoms with Crippen molar-refractivity contribution in [1.29, 1.82) is 0 Å². The van der Waals surface area contributed by atoms with Crippen LogP contribution in [0.25, 0.3) is 11.0 Å². The predicted octanol–water partition coefficient (Wildman–Crippen LogP) is 4.52. The summed E-state index contributed by atoms with van der Waals surface area (Å²) < 4.78 is 11.1. The molecule has 5 heteroatoms. The molecule has 25 heavy (non-hydrogen) atoms. The summed E-state index contributed by atoms with van der Waals surface area (Å²) in [4.78, 5) is 25.0. The molecule has 0 atom stereocenters. The minimum absolute atomic E-state index is 0.0448. The molecule has 0 radical (unpaired) electrons. The number of hydrogen-bond donors (Lipinski definition) is 1. The zero-order valence-corrected chi connectivity index (χ0v) is 14.2. The van der Waals surface area contributed by atoms with Crippen LogP contribution in [0.4, 0.5) is 5.69 Å². The third-order valence-corrected chi connectivity index (χ3v) is 4.82. The Kier molecular flexibility index (Phi) is 3.71. The van der Waals surface area contributed by atoms with Gasteiger partial charge in [-0.1, -0.05) is 18.6 Å².